The zero-order valence-electron chi connectivity index (χ0n) is 19.5. The Bertz CT molecular complexity index is 1750. The molecule has 0 saturated carbocycles. The summed E-state index contributed by atoms with van der Waals surface area (Å²) in [6.07, 6.45) is 1.29. The Morgan fingerprint density at radius 3 is 2.41 bits per heavy atom. The number of fused-ring (bicyclic) bond motifs is 1. The zero-order chi connectivity index (χ0) is 27.1. The number of hydrogen-bond acceptors (Lipinski definition) is 7. The first-order valence-corrected chi connectivity index (χ1v) is 12.4. The highest BCUT2D eigenvalue weighted by Crippen LogP contribution is 2.32. The van der Waals surface area contributed by atoms with E-state index in [1.54, 1.807) is 18.6 Å². The summed E-state index contributed by atoms with van der Waals surface area (Å²) in [7, 11) is -4.38. The van der Waals surface area contributed by atoms with Gasteiger partial charge in [-0.25, -0.2) is 26.6 Å². The number of sulfonamides is 1. The second-order valence-electron chi connectivity index (χ2n) is 8.41. The lowest BCUT2D eigenvalue weighted by Gasteiger charge is -2.17. The van der Waals surface area contributed by atoms with Crippen molar-refractivity contribution in [3.8, 4) is 17.2 Å². The van der Waals surface area contributed by atoms with Crippen LogP contribution < -0.4 is 16.0 Å². The van der Waals surface area contributed by atoms with E-state index in [0.717, 1.165) is 0 Å². The van der Waals surface area contributed by atoms with Gasteiger partial charge in [0.25, 0.3) is 5.56 Å². The highest BCUT2D eigenvalue weighted by Gasteiger charge is 2.26. The summed E-state index contributed by atoms with van der Waals surface area (Å²) in [5.41, 5.74) is 3.21. The lowest BCUT2D eigenvalue weighted by atomic mass is 10.0. The fraction of sp³-hybridized carbons (Fsp3) is 0.167. The molecule has 0 spiro atoms. The van der Waals surface area contributed by atoms with E-state index in [1.165, 1.54) is 41.1 Å². The number of nitrogens with one attached hydrogen (secondary N) is 1. The van der Waals surface area contributed by atoms with E-state index in [1.807, 2.05) is 6.07 Å². The van der Waals surface area contributed by atoms with Crippen molar-refractivity contribution in [3.63, 3.8) is 0 Å². The highest BCUT2D eigenvalue weighted by atomic mass is 32.2. The third-order valence-corrected chi connectivity index (χ3v) is 6.68. The van der Waals surface area contributed by atoms with Crippen molar-refractivity contribution in [2.45, 2.75) is 25.6 Å². The number of halogens is 3. The summed E-state index contributed by atoms with van der Waals surface area (Å²) in [5.74, 6) is -5.66. The summed E-state index contributed by atoms with van der Waals surface area (Å²) in [5, 5.41) is 9.11. The lowest BCUT2D eigenvalue weighted by molar-refractivity contribution is 0.502. The molecule has 4 aromatic rings. The number of aromatic nitrogens is 3. The van der Waals surface area contributed by atoms with E-state index >= 15 is 8.78 Å². The second kappa shape index (κ2) is 9.55. The zero-order valence-corrected chi connectivity index (χ0v) is 20.3. The quantitative estimate of drug-likeness (QED) is 0.362. The topological polar surface area (TPSA) is 144 Å². The molecule has 0 fully saturated rings. The van der Waals surface area contributed by atoms with Gasteiger partial charge >= 0.3 is 0 Å². The number of benzene rings is 2. The van der Waals surface area contributed by atoms with Gasteiger partial charge in [0.15, 0.2) is 17.5 Å². The van der Waals surface area contributed by atoms with Gasteiger partial charge in [0.05, 0.1) is 22.9 Å². The highest BCUT2D eigenvalue weighted by molar-refractivity contribution is 7.91. The van der Waals surface area contributed by atoms with E-state index in [4.69, 9.17) is 11.0 Å². The molecule has 0 radical (unpaired) electrons. The number of anilines is 2. The first-order valence-electron chi connectivity index (χ1n) is 10.8. The number of nitrogens with two attached hydrogens (primary N) is 1. The van der Waals surface area contributed by atoms with E-state index in [0.29, 0.717) is 11.6 Å². The molecule has 0 saturated heterocycles. The molecular formula is C24H19F3N6O3S. The Kier molecular flexibility index (Phi) is 6.62. The van der Waals surface area contributed by atoms with Crippen LogP contribution in [-0.4, -0.2) is 23.0 Å². The van der Waals surface area contributed by atoms with Crippen molar-refractivity contribution in [1.82, 2.24) is 14.5 Å². The van der Waals surface area contributed by atoms with Crippen LogP contribution in [0.3, 0.4) is 0 Å². The van der Waals surface area contributed by atoms with Crippen LogP contribution in [-0.2, 0) is 15.8 Å². The van der Waals surface area contributed by atoms with Crippen molar-refractivity contribution in [2.75, 3.05) is 10.5 Å². The standard InChI is InChI=1S/C24H19F3N6O3S/c1-12(2)33-22-15(10-30-24(29)31-22)7-17(23(33)34)16-8-18(25)21(20(27)19(16)26)32-37(35,36)11-14-5-3-13(9-28)4-6-14/h3-8,10,12,32H,11H2,1-2H3,(H2,29,30,31). The van der Waals surface area contributed by atoms with Gasteiger partial charge in [-0.1, -0.05) is 12.1 Å². The number of nitrogens with zero attached hydrogens (tertiary/aromatic N) is 4. The Labute approximate surface area is 209 Å². The van der Waals surface area contributed by atoms with Crippen molar-refractivity contribution < 1.29 is 21.6 Å². The van der Waals surface area contributed by atoms with E-state index in [2.05, 4.69) is 9.97 Å². The molecule has 13 heteroatoms. The summed E-state index contributed by atoms with van der Waals surface area (Å²) in [4.78, 5) is 21.1. The minimum Gasteiger partial charge on any atom is -0.368 e. The largest absolute Gasteiger partial charge is 0.368 e. The van der Waals surface area contributed by atoms with E-state index in [9.17, 15) is 17.6 Å². The number of nitrogen functional groups attached to an aromatic ring is 1. The molecule has 0 unspecified atom stereocenters. The molecule has 2 aromatic heterocycles. The molecular weight excluding hydrogens is 509 g/mol. The summed E-state index contributed by atoms with van der Waals surface area (Å²) < 4.78 is 73.2. The SMILES string of the molecule is CC(C)n1c(=O)c(-c2cc(F)c(NS(=O)(=O)Cc3ccc(C#N)cc3)c(F)c2F)cc2cnc(N)nc21. The van der Waals surface area contributed by atoms with Gasteiger partial charge in [-0.15, -0.1) is 0 Å². The van der Waals surface area contributed by atoms with Gasteiger partial charge in [-0.2, -0.15) is 10.2 Å². The minimum atomic E-state index is -4.38. The Morgan fingerprint density at radius 1 is 1.11 bits per heavy atom. The third kappa shape index (κ3) is 4.96. The molecule has 0 aliphatic carbocycles. The molecule has 0 aliphatic rings. The first-order chi connectivity index (χ1) is 17.4. The van der Waals surface area contributed by atoms with Crippen LogP contribution in [0.1, 0.15) is 31.0 Å². The molecule has 4 rings (SSSR count). The van der Waals surface area contributed by atoms with Crippen molar-refractivity contribution in [2.24, 2.45) is 0 Å². The summed E-state index contributed by atoms with van der Waals surface area (Å²) in [6.45, 7) is 3.32. The van der Waals surface area contributed by atoms with Crippen LogP contribution in [0.2, 0.25) is 0 Å². The average Bonchev–Trinajstić information content (AvgIpc) is 2.84. The van der Waals surface area contributed by atoms with Crippen LogP contribution in [0.25, 0.3) is 22.2 Å². The summed E-state index contributed by atoms with van der Waals surface area (Å²) in [6, 6.07) is 8.63. The molecule has 0 amide bonds. The molecule has 0 bridgehead atoms. The van der Waals surface area contributed by atoms with Crippen molar-refractivity contribution >= 4 is 32.7 Å². The van der Waals surface area contributed by atoms with Gasteiger partial charge in [0.2, 0.25) is 16.0 Å². The average molecular weight is 529 g/mol. The molecule has 0 atom stereocenters. The second-order valence-corrected chi connectivity index (χ2v) is 10.1. The maximum atomic E-state index is 15.2. The van der Waals surface area contributed by atoms with E-state index < -0.39 is 56.1 Å². The molecule has 37 heavy (non-hydrogen) atoms. The van der Waals surface area contributed by atoms with Crippen LogP contribution in [0.5, 0.6) is 0 Å². The normalized spacial score (nSPS) is 11.6. The molecule has 3 N–H and O–H groups in total. The molecule has 2 heterocycles. The third-order valence-electron chi connectivity index (χ3n) is 5.45. The minimum absolute atomic E-state index is 0.102. The van der Waals surface area contributed by atoms with Gasteiger partial charge < -0.3 is 5.73 Å². The lowest BCUT2D eigenvalue weighted by Crippen LogP contribution is -2.25. The molecule has 2 aromatic carbocycles. The monoisotopic (exact) mass is 528 g/mol. The van der Waals surface area contributed by atoms with Gasteiger partial charge in [0.1, 0.15) is 11.3 Å². The fourth-order valence-corrected chi connectivity index (χ4v) is 4.98. The van der Waals surface area contributed by atoms with Gasteiger partial charge in [-0.05, 0) is 43.7 Å². The number of nitriles is 1. The Morgan fingerprint density at radius 2 is 1.78 bits per heavy atom. The predicted octanol–water partition coefficient (Wildman–Crippen LogP) is 3.85. The molecule has 9 nitrogen and oxygen atoms in total. The molecule has 190 valence electrons. The van der Waals surface area contributed by atoms with Crippen LogP contribution >= 0.6 is 0 Å². The number of hydrogen-bond donors (Lipinski definition) is 2. The van der Waals surface area contributed by atoms with Crippen molar-refractivity contribution in [3.05, 3.63) is 81.5 Å². The fourth-order valence-electron chi connectivity index (χ4n) is 3.78. The predicted molar refractivity (Wildman–Crippen MR) is 131 cm³/mol. The number of rotatable bonds is 6. The Balaban J connectivity index is 1.78. The summed E-state index contributed by atoms with van der Waals surface area (Å²) >= 11 is 0. The van der Waals surface area contributed by atoms with Crippen molar-refractivity contribution in [1.29, 1.82) is 5.26 Å². The number of pyridine rings is 1. The maximum absolute atomic E-state index is 15.2. The Hall–Kier alpha value is -4.44. The van der Waals surface area contributed by atoms with Gasteiger partial charge in [-0.3, -0.25) is 14.1 Å². The smallest absolute Gasteiger partial charge is 0.260 e. The maximum Gasteiger partial charge on any atom is 0.260 e. The van der Waals surface area contributed by atoms with Crippen LogP contribution in [0, 0.1) is 28.8 Å². The first kappa shape index (κ1) is 25.6. The van der Waals surface area contributed by atoms with Gasteiger partial charge in [0, 0.05) is 23.2 Å². The van der Waals surface area contributed by atoms with Crippen LogP contribution in [0.4, 0.5) is 24.8 Å². The van der Waals surface area contributed by atoms with E-state index in [-0.39, 0.29) is 28.1 Å². The molecule has 0 aliphatic heterocycles. The van der Waals surface area contributed by atoms with Crippen LogP contribution in [0.15, 0.2) is 47.4 Å².